The molecule has 0 aliphatic carbocycles. The number of aliphatic hydroxyl groups is 2. The third kappa shape index (κ3) is 15.2. The van der Waals surface area contributed by atoms with Crippen LogP contribution in [0.2, 0.25) is 0 Å². The maximum Gasteiger partial charge on any atom is 0.296 e. The van der Waals surface area contributed by atoms with Gasteiger partial charge in [0.2, 0.25) is 0 Å². The molecule has 16 heteroatoms. The van der Waals surface area contributed by atoms with Gasteiger partial charge in [0, 0.05) is 36.5 Å². The van der Waals surface area contributed by atoms with Crippen molar-refractivity contribution in [2.45, 2.75) is 74.4 Å². The number of ether oxygens (including phenoxy) is 2. The van der Waals surface area contributed by atoms with Crippen molar-refractivity contribution in [2.75, 3.05) is 26.4 Å². The van der Waals surface area contributed by atoms with E-state index in [1.165, 1.54) is 24.3 Å². The van der Waals surface area contributed by atoms with Crippen LogP contribution in [-0.2, 0) is 41.8 Å². The summed E-state index contributed by atoms with van der Waals surface area (Å²) >= 11 is 0. The summed E-state index contributed by atoms with van der Waals surface area (Å²) in [4.78, 5) is -0.0521. The first-order valence-electron chi connectivity index (χ1n) is 21.1. The van der Waals surface area contributed by atoms with Gasteiger partial charge >= 0.3 is 0 Å². The number of rotatable bonds is 22. The Bertz CT molecular complexity index is 2580. The van der Waals surface area contributed by atoms with Crippen molar-refractivity contribution in [3.8, 4) is 11.5 Å². The van der Waals surface area contributed by atoms with Gasteiger partial charge in [0.25, 0.3) is 20.2 Å². The second-order valence-corrected chi connectivity index (χ2v) is 18.6. The summed E-state index contributed by atoms with van der Waals surface area (Å²) in [6.45, 7) is 3.07. The second kappa shape index (κ2) is 24.8. The summed E-state index contributed by atoms with van der Waals surface area (Å²) < 4.78 is 129. The Morgan fingerprint density at radius 1 is 0.470 bits per heavy atom. The number of hydrogen-bond donors (Lipinski definition) is 2. The molecule has 352 valence electrons. The number of hydrogen-bond acceptors (Lipinski definition) is 10. The van der Waals surface area contributed by atoms with Gasteiger partial charge < -0.3 is 19.7 Å². The summed E-state index contributed by atoms with van der Waals surface area (Å²) in [5.74, 6) is -4.95. The molecular formula is C50H52F4O10S2. The molecule has 6 rings (SSSR count). The molecule has 0 aromatic heterocycles. The minimum absolute atomic E-state index is 0.00575. The van der Waals surface area contributed by atoms with E-state index in [9.17, 15) is 34.4 Å². The van der Waals surface area contributed by atoms with Crippen LogP contribution in [0.4, 0.5) is 17.6 Å². The number of aliphatic hydroxyl groups excluding tert-OH is 2. The Balaban J connectivity index is 0.000000298. The van der Waals surface area contributed by atoms with Crippen molar-refractivity contribution in [1.82, 2.24) is 0 Å². The molecule has 0 saturated heterocycles. The van der Waals surface area contributed by atoms with E-state index in [-0.39, 0.29) is 85.3 Å². The molecule has 0 aliphatic rings. The molecule has 6 aromatic carbocycles. The Morgan fingerprint density at radius 3 is 1.15 bits per heavy atom. The molecular weight excluding hydrogens is 901 g/mol. The van der Waals surface area contributed by atoms with Gasteiger partial charge in [0.15, 0.2) is 23.3 Å². The van der Waals surface area contributed by atoms with Crippen molar-refractivity contribution in [2.24, 2.45) is 0 Å². The molecule has 10 nitrogen and oxygen atoms in total. The monoisotopic (exact) mass is 952 g/mol. The van der Waals surface area contributed by atoms with E-state index in [2.05, 4.69) is 0 Å². The molecule has 0 amide bonds. The highest BCUT2D eigenvalue weighted by Crippen LogP contribution is 2.36. The minimum Gasteiger partial charge on any atom is -0.489 e. The van der Waals surface area contributed by atoms with E-state index >= 15 is 0 Å². The number of benzene rings is 6. The van der Waals surface area contributed by atoms with E-state index in [1.54, 1.807) is 24.3 Å². The van der Waals surface area contributed by atoms with Crippen LogP contribution in [-0.4, -0.2) is 53.5 Å². The van der Waals surface area contributed by atoms with Crippen LogP contribution in [0.5, 0.6) is 11.5 Å². The zero-order valence-corrected chi connectivity index (χ0v) is 38.0. The third-order valence-electron chi connectivity index (χ3n) is 10.4. The van der Waals surface area contributed by atoms with Gasteiger partial charge in [0.05, 0.1) is 23.0 Å². The van der Waals surface area contributed by atoms with E-state index in [0.29, 0.717) is 18.4 Å². The van der Waals surface area contributed by atoms with Gasteiger partial charge in [0.1, 0.15) is 24.7 Å². The zero-order valence-electron chi connectivity index (χ0n) is 36.4. The van der Waals surface area contributed by atoms with Gasteiger partial charge in [-0.1, -0.05) is 96.1 Å². The lowest BCUT2D eigenvalue weighted by Gasteiger charge is -2.21. The average Bonchev–Trinajstić information content (AvgIpc) is 3.30. The smallest absolute Gasteiger partial charge is 0.296 e. The predicted molar refractivity (Wildman–Crippen MR) is 241 cm³/mol. The van der Waals surface area contributed by atoms with Crippen molar-refractivity contribution < 1.29 is 62.5 Å². The quantitative estimate of drug-likeness (QED) is 0.0498. The van der Waals surface area contributed by atoms with Crippen molar-refractivity contribution in [3.05, 3.63) is 190 Å². The molecule has 0 unspecified atom stereocenters. The normalized spacial score (nSPS) is 11.7. The molecule has 0 atom stereocenters. The molecule has 0 fully saturated rings. The first-order valence-corrected chi connectivity index (χ1v) is 23.9. The number of aryl methyl sites for hydroxylation is 2. The summed E-state index contributed by atoms with van der Waals surface area (Å²) in [6.07, 6.45) is 0.693. The fourth-order valence-electron chi connectivity index (χ4n) is 6.82. The second-order valence-electron chi connectivity index (χ2n) is 15.3. The average molecular weight is 953 g/mol. The van der Waals surface area contributed by atoms with Crippen LogP contribution < -0.4 is 9.47 Å². The summed E-state index contributed by atoms with van der Waals surface area (Å²) in [6, 6.07) is 34.7. The van der Waals surface area contributed by atoms with E-state index in [4.69, 9.17) is 28.1 Å². The molecule has 0 aliphatic heterocycles. The van der Waals surface area contributed by atoms with Crippen LogP contribution in [0.1, 0.15) is 70.9 Å². The van der Waals surface area contributed by atoms with Gasteiger partial charge in [-0.3, -0.25) is 8.37 Å². The molecule has 2 N–H and O–H groups in total. The SMILES string of the molecule is Cc1ccc(S(=O)(=O)OCCC(CCOS(=O)(=O)c2ccc(C)cc2)c2cc(F)c(F)cc2OCc2ccccc2)cc1.OCCC(CCO)c1cc(F)c(F)cc1OCc1ccccc1. The molecule has 0 spiro atoms. The molecule has 6 aromatic rings. The van der Waals surface area contributed by atoms with Crippen LogP contribution in [0.25, 0.3) is 0 Å². The Labute approximate surface area is 383 Å². The van der Waals surface area contributed by atoms with Crippen molar-refractivity contribution in [1.29, 1.82) is 0 Å². The Hall–Kier alpha value is -5.62. The summed E-state index contributed by atoms with van der Waals surface area (Å²) in [5.41, 5.74) is 4.13. The third-order valence-corrected chi connectivity index (χ3v) is 13.1. The standard InChI is InChI=1S/C32H32F2O7S2.C18H20F2O3/c1-23-8-12-27(13-9-23)42(35,36)40-18-16-26(17-19-41-43(37,38)28-14-10-24(2)11-15-28)29-20-30(33)31(34)21-32(29)39-22-25-6-4-3-5-7-25;19-16-10-15(14(6-8-21)7-9-22)18(11-17(16)20)23-12-13-4-2-1-3-5-13/h3-15,20-21,26H,16-19,22H2,1-2H3;1-5,10-11,14,21-22H,6-9,12H2. The fourth-order valence-corrected chi connectivity index (χ4v) is 8.66. The maximum atomic E-state index is 14.5. The number of halogens is 4. The lowest BCUT2D eigenvalue weighted by atomic mass is 9.92. The lowest BCUT2D eigenvalue weighted by molar-refractivity contribution is 0.236. The zero-order chi connectivity index (χ0) is 47.7. The van der Waals surface area contributed by atoms with Crippen LogP contribution in [0, 0.1) is 37.1 Å². The van der Waals surface area contributed by atoms with Gasteiger partial charge in [-0.2, -0.15) is 16.8 Å². The van der Waals surface area contributed by atoms with E-state index < -0.39 is 49.4 Å². The lowest BCUT2D eigenvalue weighted by Crippen LogP contribution is -2.15. The molecule has 0 bridgehead atoms. The van der Waals surface area contributed by atoms with Crippen molar-refractivity contribution in [3.63, 3.8) is 0 Å². The summed E-state index contributed by atoms with van der Waals surface area (Å²) in [5, 5.41) is 18.3. The predicted octanol–water partition coefficient (Wildman–Crippen LogP) is 10.2. The van der Waals surface area contributed by atoms with Crippen molar-refractivity contribution >= 4 is 20.2 Å². The van der Waals surface area contributed by atoms with Crippen LogP contribution in [0.3, 0.4) is 0 Å². The Kier molecular flexibility index (Phi) is 19.3. The Morgan fingerprint density at radius 2 is 0.803 bits per heavy atom. The highest BCUT2D eigenvalue weighted by Gasteiger charge is 2.25. The molecule has 66 heavy (non-hydrogen) atoms. The molecule has 0 radical (unpaired) electrons. The van der Waals surface area contributed by atoms with Gasteiger partial charge in [-0.15, -0.1) is 0 Å². The fraction of sp³-hybridized carbons (Fsp3) is 0.280. The highest BCUT2D eigenvalue weighted by atomic mass is 32.2. The van der Waals surface area contributed by atoms with E-state index in [0.717, 1.165) is 46.5 Å². The van der Waals surface area contributed by atoms with Crippen LogP contribution >= 0.6 is 0 Å². The van der Waals surface area contributed by atoms with Gasteiger partial charge in [-0.05, 0) is 98.9 Å². The highest BCUT2D eigenvalue weighted by molar-refractivity contribution is 7.87. The van der Waals surface area contributed by atoms with Gasteiger partial charge in [-0.25, -0.2) is 17.6 Å². The maximum absolute atomic E-state index is 14.5. The largest absolute Gasteiger partial charge is 0.489 e. The van der Waals surface area contributed by atoms with E-state index in [1.807, 2.05) is 74.5 Å². The summed E-state index contributed by atoms with van der Waals surface area (Å²) in [7, 11) is -8.20. The first-order chi connectivity index (χ1) is 31.6. The first kappa shape index (κ1) is 51.4. The van der Waals surface area contributed by atoms with Crippen LogP contribution in [0.15, 0.2) is 143 Å². The molecule has 0 saturated carbocycles. The topological polar surface area (TPSA) is 146 Å². The molecule has 0 heterocycles. The minimum atomic E-state index is -4.10.